The van der Waals surface area contributed by atoms with Gasteiger partial charge in [-0.3, -0.25) is 0 Å². The fraction of sp³-hybridized carbons (Fsp3) is 0.192. The van der Waals surface area contributed by atoms with Crippen LogP contribution in [0.25, 0.3) is 43.8 Å². The molecule has 8 aromatic carbocycles. The second-order valence-corrected chi connectivity index (χ2v) is 20.1. The predicted molar refractivity (Wildman–Crippen MR) is 264 cm³/mol. The molecule has 0 atom stereocenters. The second kappa shape index (κ2) is 24.2. The van der Waals surface area contributed by atoms with Crippen LogP contribution < -0.4 is 9.47 Å². The molecule has 8 rings (SSSR count). The molecular formula is C52H52Cl2O2S2SiZr. The number of rotatable bonds is 10. The summed E-state index contributed by atoms with van der Waals surface area (Å²) in [6.45, 7) is 8.72. The summed E-state index contributed by atoms with van der Waals surface area (Å²) in [5.74, 6) is 1.62. The molecule has 60 heavy (non-hydrogen) atoms. The van der Waals surface area contributed by atoms with Gasteiger partial charge < -0.3 is 9.47 Å². The summed E-state index contributed by atoms with van der Waals surface area (Å²) in [6, 6.07) is 52.5. The number of hydrogen-bond donors (Lipinski definition) is 2. The van der Waals surface area contributed by atoms with Crippen molar-refractivity contribution in [3.8, 4) is 33.8 Å². The fourth-order valence-corrected chi connectivity index (χ4v) is 7.94. The molecular weight excluding hydrogens is 911 g/mol. The molecule has 0 saturated heterocycles. The Bertz CT molecular complexity index is 2380. The van der Waals surface area contributed by atoms with Crippen LogP contribution in [0.2, 0.25) is 13.1 Å². The van der Waals surface area contributed by atoms with Crippen molar-refractivity contribution >= 4 is 73.3 Å². The average Bonchev–Trinajstić information content (AvgIpc) is 3.90. The van der Waals surface area contributed by atoms with E-state index >= 15 is 0 Å². The molecule has 0 spiro atoms. The van der Waals surface area contributed by atoms with E-state index in [-0.39, 0.29) is 0 Å². The van der Waals surface area contributed by atoms with Crippen molar-refractivity contribution in [2.45, 2.75) is 62.4 Å². The summed E-state index contributed by atoms with van der Waals surface area (Å²) in [7, 11) is 14.3. The van der Waals surface area contributed by atoms with E-state index in [1.807, 2.05) is 12.1 Å². The van der Waals surface area contributed by atoms with E-state index in [1.54, 1.807) is 14.2 Å². The third-order valence-corrected chi connectivity index (χ3v) is 11.0. The van der Waals surface area contributed by atoms with Crippen molar-refractivity contribution in [1.82, 2.24) is 0 Å². The first-order valence-electron chi connectivity index (χ1n) is 20.0. The van der Waals surface area contributed by atoms with E-state index in [4.69, 9.17) is 26.5 Å². The van der Waals surface area contributed by atoms with Crippen LogP contribution in [0, 0.1) is 0 Å². The summed E-state index contributed by atoms with van der Waals surface area (Å²) in [6.07, 6.45) is 3.92. The van der Waals surface area contributed by atoms with Gasteiger partial charge in [0.2, 0.25) is 0 Å². The summed E-state index contributed by atoms with van der Waals surface area (Å²) >= 11 is 8.17. The Morgan fingerprint density at radius 3 is 1.20 bits per heavy atom. The van der Waals surface area contributed by atoms with Crippen molar-refractivity contribution in [2.24, 2.45) is 0 Å². The molecule has 8 heteroatoms. The van der Waals surface area contributed by atoms with Crippen molar-refractivity contribution in [3.63, 3.8) is 0 Å². The molecule has 0 heterocycles. The number of methoxy groups -OCH3 is 2. The number of fused-ring (bicyclic) bond motifs is 2. The quantitative estimate of drug-likeness (QED) is 0.0808. The minimum absolute atomic E-state index is 0.812. The topological polar surface area (TPSA) is 18.5 Å². The van der Waals surface area contributed by atoms with Gasteiger partial charge in [0, 0.05) is 19.3 Å². The summed E-state index contributed by atoms with van der Waals surface area (Å²) in [5.41, 5.74) is 13.0. The Labute approximate surface area is 389 Å². The SMILES string of the molecule is CCc1cc2c(-c3ccc(Cc4ccc(OC)c(S)c4)cc3)cccc2[cH-]1.CCc1cc2c(-c3ccc(Cc4ccc(OC)c(S)c4)cc3)cccc2[cH-]1.C[Si]C.[Cl][Zr+2][Cl]. The van der Waals surface area contributed by atoms with Gasteiger partial charge in [0.1, 0.15) is 11.5 Å². The molecule has 0 saturated carbocycles. The van der Waals surface area contributed by atoms with Crippen molar-refractivity contribution in [1.29, 1.82) is 0 Å². The second-order valence-electron chi connectivity index (χ2n) is 14.4. The third kappa shape index (κ3) is 12.8. The third-order valence-electron chi connectivity index (χ3n) is 10.3. The van der Waals surface area contributed by atoms with E-state index < -0.39 is 20.8 Å². The van der Waals surface area contributed by atoms with Crippen LogP contribution in [0.4, 0.5) is 0 Å². The number of aryl methyl sites for hydroxylation is 2. The van der Waals surface area contributed by atoms with E-state index in [0.29, 0.717) is 0 Å². The van der Waals surface area contributed by atoms with Crippen LogP contribution >= 0.6 is 42.3 Å². The van der Waals surface area contributed by atoms with E-state index in [2.05, 4.69) is 186 Å². The fourth-order valence-electron chi connectivity index (χ4n) is 7.27. The summed E-state index contributed by atoms with van der Waals surface area (Å²) < 4.78 is 10.6. The van der Waals surface area contributed by atoms with Gasteiger partial charge in [0.15, 0.2) is 0 Å². The number of ether oxygens (including phenoxy) is 2. The molecule has 0 bridgehead atoms. The van der Waals surface area contributed by atoms with Gasteiger partial charge in [-0.15, -0.1) is 94.3 Å². The molecule has 2 nitrogen and oxygen atoms in total. The molecule has 0 fully saturated rings. The monoisotopic (exact) mass is 960 g/mol. The maximum absolute atomic E-state index is 5.28. The number of thiol groups is 2. The minimum atomic E-state index is -0.826. The van der Waals surface area contributed by atoms with E-state index in [1.165, 1.54) is 77.2 Å². The Kier molecular flexibility index (Phi) is 19.2. The molecule has 0 unspecified atom stereocenters. The number of hydrogen-bond acceptors (Lipinski definition) is 4. The zero-order valence-electron chi connectivity index (χ0n) is 35.2. The number of benzene rings is 6. The Balaban J connectivity index is 0.000000201. The molecule has 0 aromatic heterocycles. The first-order chi connectivity index (χ1) is 29.2. The molecule has 306 valence electrons. The van der Waals surface area contributed by atoms with Crippen LogP contribution in [0.15, 0.2) is 155 Å². The van der Waals surface area contributed by atoms with Gasteiger partial charge in [0.25, 0.3) is 0 Å². The Morgan fingerprint density at radius 2 is 0.883 bits per heavy atom. The van der Waals surface area contributed by atoms with Crippen LogP contribution in [-0.4, -0.2) is 23.7 Å². The normalized spacial score (nSPS) is 10.4. The van der Waals surface area contributed by atoms with E-state index in [9.17, 15) is 0 Å². The summed E-state index contributed by atoms with van der Waals surface area (Å²) in [5, 5.41) is 5.34. The van der Waals surface area contributed by atoms with Gasteiger partial charge in [-0.2, -0.15) is 12.1 Å². The molecule has 0 aliphatic heterocycles. The van der Waals surface area contributed by atoms with Crippen LogP contribution in [0.5, 0.6) is 11.5 Å². The van der Waals surface area contributed by atoms with E-state index in [0.717, 1.165) is 56.5 Å². The zero-order chi connectivity index (χ0) is 43.0. The molecule has 0 N–H and O–H groups in total. The Morgan fingerprint density at radius 1 is 0.533 bits per heavy atom. The van der Waals surface area contributed by atoms with Crippen LogP contribution in [0.1, 0.15) is 47.2 Å². The van der Waals surface area contributed by atoms with Crippen LogP contribution in [-0.2, 0) is 46.5 Å². The first kappa shape index (κ1) is 47.6. The van der Waals surface area contributed by atoms with Gasteiger partial charge in [-0.25, -0.2) is 0 Å². The van der Waals surface area contributed by atoms with Gasteiger partial charge in [-0.1, -0.05) is 111 Å². The average molecular weight is 963 g/mol. The molecule has 0 aliphatic rings. The van der Waals surface area contributed by atoms with Crippen LogP contribution in [0.3, 0.4) is 0 Å². The number of halogens is 2. The zero-order valence-corrected chi connectivity index (χ0v) is 41.9. The first-order valence-corrected chi connectivity index (χ1v) is 29.2. The van der Waals surface area contributed by atoms with Gasteiger partial charge in [-0.05, 0) is 83.3 Å². The summed E-state index contributed by atoms with van der Waals surface area (Å²) in [4.78, 5) is 1.75. The molecule has 8 aromatic rings. The van der Waals surface area contributed by atoms with Crippen molar-refractivity contribution in [2.75, 3.05) is 14.2 Å². The van der Waals surface area contributed by atoms with Crippen molar-refractivity contribution in [3.05, 3.63) is 179 Å². The Hall–Kier alpha value is -3.48. The maximum atomic E-state index is 5.28. The van der Waals surface area contributed by atoms with Gasteiger partial charge in [0.05, 0.1) is 14.2 Å². The molecule has 0 aliphatic carbocycles. The molecule has 2 radical (unpaired) electrons. The van der Waals surface area contributed by atoms with Gasteiger partial charge >= 0.3 is 37.9 Å². The predicted octanol–water partition coefficient (Wildman–Crippen LogP) is 15.5. The van der Waals surface area contributed by atoms with Crippen molar-refractivity contribution < 1.29 is 30.3 Å². The standard InChI is InChI=1S/2C25H23OS.C2H6Si.2ClH.Zr/c2*1-3-17-14-21-5-4-6-22(23(21)15-17)20-10-7-18(8-11-20)13-19-9-12-24(26-2)25(27)16-19;1-3-2;;;/h2*4-12,14-16,27H,3,13H2,1-2H3;1-2H3;2*1H;/q2*-1;;;;+4/p-2. The molecule has 0 amide bonds.